The standard InChI is InChI=1S/C14H24O2Si/c1-13(2,3)16-12(15)11-14(7-8-14)9-10-17(4,5)6/h7-8,11H2,1-6H3. The van der Waals surface area contributed by atoms with Crippen LogP contribution in [-0.2, 0) is 9.53 Å². The summed E-state index contributed by atoms with van der Waals surface area (Å²) >= 11 is 0. The molecule has 0 bridgehead atoms. The van der Waals surface area contributed by atoms with Crippen LogP contribution in [0.5, 0.6) is 0 Å². The van der Waals surface area contributed by atoms with E-state index in [0.29, 0.717) is 6.42 Å². The van der Waals surface area contributed by atoms with E-state index in [0.717, 1.165) is 12.8 Å². The van der Waals surface area contributed by atoms with Gasteiger partial charge in [-0.25, -0.2) is 0 Å². The topological polar surface area (TPSA) is 26.3 Å². The lowest BCUT2D eigenvalue weighted by atomic mass is 10.0. The highest BCUT2D eigenvalue weighted by Crippen LogP contribution is 2.48. The van der Waals surface area contributed by atoms with E-state index in [2.05, 4.69) is 31.1 Å². The number of carbonyl (C=O) groups excluding carboxylic acids is 1. The summed E-state index contributed by atoms with van der Waals surface area (Å²) in [6.07, 6.45) is 2.55. The molecule has 0 amide bonds. The van der Waals surface area contributed by atoms with Crippen molar-refractivity contribution >= 4 is 14.0 Å². The average molecular weight is 252 g/mol. The maximum atomic E-state index is 11.8. The Hall–Kier alpha value is -0.753. The Kier molecular flexibility index (Phi) is 3.78. The molecule has 0 radical (unpaired) electrons. The van der Waals surface area contributed by atoms with Crippen LogP contribution < -0.4 is 0 Å². The summed E-state index contributed by atoms with van der Waals surface area (Å²) in [5.74, 6) is 3.23. The second-order valence-corrected chi connectivity index (χ2v) is 11.8. The van der Waals surface area contributed by atoms with Crippen molar-refractivity contribution in [2.75, 3.05) is 0 Å². The molecule has 0 aromatic carbocycles. The summed E-state index contributed by atoms with van der Waals surface area (Å²) in [5.41, 5.74) is 2.93. The number of esters is 1. The molecule has 0 saturated heterocycles. The van der Waals surface area contributed by atoms with Crippen LogP contribution in [0.4, 0.5) is 0 Å². The molecule has 0 heterocycles. The zero-order valence-electron chi connectivity index (χ0n) is 11.9. The summed E-state index contributed by atoms with van der Waals surface area (Å²) in [4.78, 5) is 11.8. The number of hydrogen-bond acceptors (Lipinski definition) is 2. The van der Waals surface area contributed by atoms with Crippen LogP contribution in [0.3, 0.4) is 0 Å². The van der Waals surface area contributed by atoms with Crippen molar-refractivity contribution in [3.8, 4) is 11.5 Å². The highest BCUT2D eigenvalue weighted by molar-refractivity contribution is 6.83. The van der Waals surface area contributed by atoms with Crippen molar-refractivity contribution in [1.82, 2.24) is 0 Å². The van der Waals surface area contributed by atoms with E-state index < -0.39 is 8.07 Å². The molecule has 1 aliphatic carbocycles. The van der Waals surface area contributed by atoms with Crippen LogP contribution in [-0.4, -0.2) is 19.6 Å². The third kappa shape index (κ3) is 5.93. The van der Waals surface area contributed by atoms with Gasteiger partial charge in [0.1, 0.15) is 13.7 Å². The van der Waals surface area contributed by atoms with E-state index >= 15 is 0 Å². The fraction of sp³-hybridized carbons (Fsp3) is 0.786. The van der Waals surface area contributed by atoms with E-state index in [4.69, 9.17) is 4.74 Å². The van der Waals surface area contributed by atoms with Crippen molar-refractivity contribution in [2.45, 2.75) is 65.3 Å². The van der Waals surface area contributed by atoms with Gasteiger partial charge in [-0.05, 0) is 33.6 Å². The quantitative estimate of drug-likeness (QED) is 0.428. The Bertz CT molecular complexity index is 356. The summed E-state index contributed by atoms with van der Waals surface area (Å²) in [5, 5.41) is 0. The van der Waals surface area contributed by atoms with Gasteiger partial charge in [-0.15, -0.1) is 11.5 Å². The zero-order chi connectivity index (χ0) is 13.3. The third-order valence-corrected chi connectivity index (χ3v) is 3.33. The maximum absolute atomic E-state index is 11.8. The van der Waals surface area contributed by atoms with Gasteiger partial charge in [0.2, 0.25) is 0 Å². The van der Waals surface area contributed by atoms with Gasteiger partial charge in [0.15, 0.2) is 0 Å². The molecule has 1 aliphatic rings. The lowest BCUT2D eigenvalue weighted by Crippen LogP contribution is -2.25. The van der Waals surface area contributed by atoms with Crippen molar-refractivity contribution in [3.05, 3.63) is 0 Å². The Morgan fingerprint density at radius 3 is 2.18 bits per heavy atom. The molecular weight excluding hydrogens is 228 g/mol. The second kappa shape index (κ2) is 4.49. The first-order chi connectivity index (χ1) is 7.52. The molecule has 0 spiro atoms. The van der Waals surface area contributed by atoms with Gasteiger partial charge < -0.3 is 4.74 Å². The molecule has 0 unspecified atom stereocenters. The first-order valence-electron chi connectivity index (χ1n) is 6.28. The molecule has 1 fully saturated rings. The van der Waals surface area contributed by atoms with E-state index in [-0.39, 0.29) is 17.0 Å². The molecule has 17 heavy (non-hydrogen) atoms. The Labute approximate surface area is 106 Å². The van der Waals surface area contributed by atoms with Gasteiger partial charge in [-0.1, -0.05) is 19.6 Å². The van der Waals surface area contributed by atoms with Crippen LogP contribution in [0.25, 0.3) is 0 Å². The molecule has 1 rings (SSSR count). The van der Waals surface area contributed by atoms with E-state index in [1.807, 2.05) is 20.8 Å². The first kappa shape index (κ1) is 14.3. The van der Waals surface area contributed by atoms with Gasteiger partial charge >= 0.3 is 5.97 Å². The summed E-state index contributed by atoms with van der Waals surface area (Å²) < 4.78 is 5.35. The van der Waals surface area contributed by atoms with Gasteiger partial charge in [-0.3, -0.25) is 4.79 Å². The minimum Gasteiger partial charge on any atom is -0.460 e. The van der Waals surface area contributed by atoms with Gasteiger partial charge in [0.05, 0.1) is 6.42 Å². The van der Waals surface area contributed by atoms with Crippen molar-refractivity contribution in [1.29, 1.82) is 0 Å². The second-order valence-electron chi connectivity index (χ2n) is 7.04. The number of carbonyl (C=O) groups is 1. The van der Waals surface area contributed by atoms with Crippen LogP contribution >= 0.6 is 0 Å². The molecule has 2 nitrogen and oxygen atoms in total. The smallest absolute Gasteiger partial charge is 0.307 e. The maximum Gasteiger partial charge on any atom is 0.307 e. The van der Waals surface area contributed by atoms with Gasteiger partial charge in [0.25, 0.3) is 0 Å². The normalized spacial score (nSPS) is 18.0. The van der Waals surface area contributed by atoms with Crippen LogP contribution in [0, 0.1) is 16.9 Å². The lowest BCUT2D eigenvalue weighted by Gasteiger charge is -2.20. The lowest BCUT2D eigenvalue weighted by molar-refractivity contribution is -0.155. The van der Waals surface area contributed by atoms with Gasteiger partial charge in [-0.2, -0.15) is 0 Å². The fourth-order valence-corrected chi connectivity index (χ4v) is 2.11. The SMILES string of the molecule is CC(C)(C)OC(=O)CC1(C#C[Si](C)(C)C)CC1. The van der Waals surface area contributed by atoms with E-state index in [9.17, 15) is 4.79 Å². The van der Waals surface area contributed by atoms with Crippen molar-refractivity contribution in [3.63, 3.8) is 0 Å². The molecule has 96 valence electrons. The molecule has 0 aromatic heterocycles. The monoisotopic (exact) mass is 252 g/mol. The van der Waals surface area contributed by atoms with Crippen LogP contribution in [0.15, 0.2) is 0 Å². The minimum atomic E-state index is -1.34. The molecule has 0 aromatic rings. The van der Waals surface area contributed by atoms with E-state index in [1.54, 1.807) is 0 Å². The predicted molar refractivity (Wildman–Crippen MR) is 73.3 cm³/mol. The van der Waals surface area contributed by atoms with Crippen LogP contribution in [0.1, 0.15) is 40.0 Å². The first-order valence-corrected chi connectivity index (χ1v) is 9.78. The zero-order valence-corrected chi connectivity index (χ0v) is 12.9. The summed E-state index contributed by atoms with van der Waals surface area (Å²) in [7, 11) is -1.34. The summed E-state index contributed by atoms with van der Waals surface area (Å²) in [6.45, 7) is 12.4. The minimum absolute atomic E-state index is 0.0530. The summed E-state index contributed by atoms with van der Waals surface area (Å²) in [6, 6.07) is 0. The molecule has 3 heteroatoms. The van der Waals surface area contributed by atoms with Gasteiger partial charge in [0, 0.05) is 5.41 Å². The fourth-order valence-electron chi connectivity index (χ4n) is 1.47. The molecular formula is C14H24O2Si. The third-order valence-electron chi connectivity index (χ3n) is 2.46. The number of ether oxygens (including phenoxy) is 1. The number of hydrogen-bond donors (Lipinski definition) is 0. The molecule has 0 atom stereocenters. The Morgan fingerprint density at radius 2 is 1.82 bits per heavy atom. The van der Waals surface area contributed by atoms with Crippen molar-refractivity contribution < 1.29 is 9.53 Å². The van der Waals surface area contributed by atoms with Crippen molar-refractivity contribution in [2.24, 2.45) is 5.41 Å². The largest absolute Gasteiger partial charge is 0.460 e. The average Bonchev–Trinajstić information content (AvgIpc) is 2.77. The molecule has 0 N–H and O–H groups in total. The highest BCUT2D eigenvalue weighted by atomic mass is 28.3. The molecule has 0 aliphatic heterocycles. The predicted octanol–water partition coefficient (Wildman–Crippen LogP) is 3.38. The van der Waals surface area contributed by atoms with Crippen LogP contribution in [0.2, 0.25) is 19.6 Å². The van der Waals surface area contributed by atoms with E-state index in [1.165, 1.54) is 0 Å². The Morgan fingerprint density at radius 1 is 1.29 bits per heavy atom. The highest BCUT2D eigenvalue weighted by Gasteiger charge is 2.44. The number of rotatable bonds is 2. The molecule has 1 saturated carbocycles. The Balaban J connectivity index is 2.56.